The molecule has 1 fully saturated rings. The first kappa shape index (κ1) is 17.4. The van der Waals surface area contributed by atoms with Crippen LogP contribution in [-0.2, 0) is 0 Å². The van der Waals surface area contributed by atoms with Gasteiger partial charge in [-0.1, -0.05) is 42.8 Å². The van der Waals surface area contributed by atoms with E-state index >= 15 is 0 Å². The van der Waals surface area contributed by atoms with Gasteiger partial charge in [-0.2, -0.15) is 5.10 Å². The van der Waals surface area contributed by atoms with Gasteiger partial charge in [-0.15, -0.1) is 0 Å². The zero-order valence-corrected chi connectivity index (χ0v) is 15.6. The minimum absolute atomic E-state index is 0.0990. The van der Waals surface area contributed by atoms with Gasteiger partial charge in [0.05, 0.1) is 5.56 Å². The van der Waals surface area contributed by atoms with Crippen molar-refractivity contribution in [3.63, 3.8) is 0 Å². The van der Waals surface area contributed by atoms with E-state index in [9.17, 15) is 9.90 Å². The fraction of sp³-hybridized carbons (Fsp3) is 0.182. The largest absolute Gasteiger partial charge is 0.507 e. The molecule has 0 radical (unpaired) electrons. The molecule has 5 rings (SSSR count). The molecule has 0 aliphatic heterocycles. The summed E-state index contributed by atoms with van der Waals surface area (Å²) in [5, 5.41) is 14.9. The Bertz CT molecular complexity index is 1230. The van der Waals surface area contributed by atoms with Crippen LogP contribution in [0, 0.1) is 0 Å². The van der Waals surface area contributed by atoms with E-state index in [1.54, 1.807) is 47.0 Å². The summed E-state index contributed by atoms with van der Waals surface area (Å²) in [5.41, 5.74) is 8.79. The Balaban J connectivity index is 1.61. The summed E-state index contributed by atoms with van der Waals surface area (Å²) in [6, 6.07) is 13.8. The van der Waals surface area contributed by atoms with Gasteiger partial charge in [0.25, 0.3) is 0 Å². The smallest absolute Gasteiger partial charge is 0.196 e. The summed E-state index contributed by atoms with van der Waals surface area (Å²) >= 11 is 0. The molecule has 0 unspecified atom stereocenters. The fourth-order valence-electron chi connectivity index (χ4n) is 3.73. The Kier molecular flexibility index (Phi) is 4.01. The maximum absolute atomic E-state index is 12.7. The summed E-state index contributed by atoms with van der Waals surface area (Å²) in [6.45, 7) is 0. The molecule has 144 valence electrons. The number of nitrogen functional groups attached to an aromatic ring is 1. The predicted octanol–water partition coefficient (Wildman–Crippen LogP) is 3.58. The highest BCUT2D eigenvalue weighted by molar-refractivity contribution is 6.11. The number of rotatable bonds is 4. The van der Waals surface area contributed by atoms with Crippen LogP contribution in [0.4, 0.5) is 5.82 Å². The second-order valence-corrected chi connectivity index (χ2v) is 7.28. The first-order valence-electron chi connectivity index (χ1n) is 9.55. The highest BCUT2D eigenvalue weighted by Crippen LogP contribution is 2.39. The average Bonchev–Trinajstić information content (AvgIpc) is 3.07. The lowest BCUT2D eigenvalue weighted by molar-refractivity contribution is 0.103. The number of nitrogens with two attached hydrogens (primary N) is 1. The number of aromatic hydroxyl groups is 1. The summed E-state index contributed by atoms with van der Waals surface area (Å²) in [6.07, 6.45) is 4.73. The van der Waals surface area contributed by atoms with Crippen molar-refractivity contribution in [1.82, 2.24) is 19.6 Å². The molecular formula is C22H19N5O2. The molecule has 0 saturated heterocycles. The summed E-state index contributed by atoms with van der Waals surface area (Å²) in [7, 11) is 0. The van der Waals surface area contributed by atoms with Crippen LogP contribution in [0.5, 0.6) is 5.75 Å². The number of anilines is 1. The average molecular weight is 385 g/mol. The first-order valence-corrected chi connectivity index (χ1v) is 9.55. The van der Waals surface area contributed by atoms with Crippen molar-refractivity contribution >= 4 is 17.1 Å². The van der Waals surface area contributed by atoms with Crippen LogP contribution in [0.1, 0.15) is 46.9 Å². The fourth-order valence-corrected chi connectivity index (χ4v) is 3.73. The van der Waals surface area contributed by atoms with Crippen LogP contribution < -0.4 is 5.73 Å². The summed E-state index contributed by atoms with van der Waals surface area (Å²) in [4.78, 5) is 21.6. The van der Waals surface area contributed by atoms with Crippen molar-refractivity contribution in [1.29, 1.82) is 0 Å². The minimum atomic E-state index is -0.234. The number of phenols is 1. The molecule has 1 aliphatic rings. The molecule has 3 N–H and O–H groups in total. The lowest BCUT2D eigenvalue weighted by atomic mass is 9.85. The van der Waals surface area contributed by atoms with Crippen molar-refractivity contribution in [3.8, 4) is 17.0 Å². The lowest BCUT2D eigenvalue weighted by Gasteiger charge is -2.23. The Labute approximate surface area is 166 Å². The summed E-state index contributed by atoms with van der Waals surface area (Å²) < 4.78 is 1.75. The molecule has 29 heavy (non-hydrogen) atoms. The molecule has 2 aromatic heterocycles. The molecule has 1 saturated carbocycles. The van der Waals surface area contributed by atoms with E-state index in [2.05, 4.69) is 10.1 Å². The number of carbonyl (C=O) groups excluding carboxylic acids is 1. The van der Waals surface area contributed by atoms with Crippen LogP contribution in [0.3, 0.4) is 0 Å². The molecule has 0 amide bonds. The molecule has 0 atom stereocenters. The predicted molar refractivity (Wildman–Crippen MR) is 109 cm³/mol. The van der Waals surface area contributed by atoms with Gasteiger partial charge < -0.3 is 10.8 Å². The van der Waals surface area contributed by atoms with E-state index in [0.717, 1.165) is 18.7 Å². The zero-order chi connectivity index (χ0) is 20.0. The highest BCUT2D eigenvalue weighted by Gasteiger charge is 2.28. The van der Waals surface area contributed by atoms with E-state index in [4.69, 9.17) is 10.7 Å². The molecular weight excluding hydrogens is 366 g/mol. The quantitative estimate of drug-likeness (QED) is 0.520. The monoisotopic (exact) mass is 385 g/mol. The third-order valence-corrected chi connectivity index (χ3v) is 5.51. The maximum Gasteiger partial charge on any atom is 0.196 e. The van der Waals surface area contributed by atoms with Crippen LogP contribution in [-0.4, -0.2) is 30.5 Å². The maximum atomic E-state index is 12.7. The third-order valence-electron chi connectivity index (χ3n) is 5.51. The molecule has 4 aromatic rings. The first-order chi connectivity index (χ1) is 14.1. The number of carbonyl (C=O) groups is 1. The molecule has 2 heterocycles. The Hall–Kier alpha value is -3.74. The van der Waals surface area contributed by atoms with Crippen molar-refractivity contribution in [2.24, 2.45) is 0 Å². The molecule has 0 bridgehead atoms. The van der Waals surface area contributed by atoms with Crippen LogP contribution in [0.15, 0.2) is 54.9 Å². The van der Waals surface area contributed by atoms with E-state index in [1.165, 1.54) is 12.7 Å². The minimum Gasteiger partial charge on any atom is -0.507 e. The van der Waals surface area contributed by atoms with Crippen molar-refractivity contribution in [3.05, 3.63) is 71.8 Å². The van der Waals surface area contributed by atoms with Gasteiger partial charge in [0.15, 0.2) is 11.6 Å². The van der Waals surface area contributed by atoms with E-state index < -0.39 is 0 Å². The van der Waals surface area contributed by atoms with Gasteiger partial charge in [0, 0.05) is 17.0 Å². The van der Waals surface area contributed by atoms with E-state index in [-0.39, 0.29) is 17.1 Å². The second-order valence-electron chi connectivity index (χ2n) is 7.28. The van der Waals surface area contributed by atoms with Crippen LogP contribution in [0.25, 0.3) is 16.8 Å². The van der Waals surface area contributed by atoms with Gasteiger partial charge in [-0.05, 0) is 25.0 Å². The number of phenolic OH excluding ortho intramolecular Hbond substituents is 1. The Morgan fingerprint density at radius 3 is 2.62 bits per heavy atom. The van der Waals surface area contributed by atoms with Crippen molar-refractivity contribution < 1.29 is 9.90 Å². The number of benzene rings is 2. The molecule has 0 spiro atoms. The van der Waals surface area contributed by atoms with Gasteiger partial charge in [-0.25, -0.2) is 14.5 Å². The molecule has 2 aromatic carbocycles. The summed E-state index contributed by atoms with van der Waals surface area (Å²) in [5.74, 6) is 1.20. The highest BCUT2D eigenvalue weighted by atomic mass is 16.3. The van der Waals surface area contributed by atoms with Crippen molar-refractivity contribution in [2.45, 2.75) is 25.2 Å². The van der Waals surface area contributed by atoms with Gasteiger partial charge in [0.2, 0.25) is 0 Å². The topological polar surface area (TPSA) is 106 Å². The normalized spacial score (nSPS) is 14.1. The molecule has 7 nitrogen and oxygen atoms in total. The third kappa shape index (κ3) is 2.82. The van der Waals surface area contributed by atoms with Gasteiger partial charge in [-0.3, -0.25) is 4.79 Å². The van der Waals surface area contributed by atoms with Gasteiger partial charge in [0.1, 0.15) is 29.1 Å². The number of nitrogens with zero attached hydrogens (tertiary/aromatic N) is 4. The number of hydrogen-bond acceptors (Lipinski definition) is 6. The van der Waals surface area contributed by atoms with Crippen molar-refractivity contribution in [2.75, 3.05) is 5.73 Å². The number of fused-ring (bicyclic) bond motifs is 1. The molecule has 7 heteroatoms. The van der Waals surface area contributed by atoms with Crippen LogP contribution >= 0.6 is 0 Å². The number of ketones is 1. The standard InChI is InChI=1S/C22H19N5O2/c23-21-19-18(26-22(14-7-4-8-14)27(19)25-12-24-21)15-9-10-16(17(28)11-15)20(29)13-5-2-1-3-6-13/h1-3,5-6,9-12,14,28H,4,7-8H2,(H2,23,24,25). The van der Waals surface area contributed by atoms with Gasteiger partial charge >= 0.3 is 0 Å². The molecule has 1 aliphatic carbocycles. The Morgan fingerprint density at radius 2 is 1.93 bits per heavy atom. The van der Waals surface area contributed by atoms with E-state index in [0.29, 0.717) is 34.1 Å². The number of aromatic nitrogens is 4. The number of hydrogen-bond donors (Lipinski definition) is 2. The Morgan fingerprint density at radius 1 is 1.14 bits per heavy atom. The number of imidazole rings is 1. The lowest BCUT2D eigenvalue weighted by Crippen LogP contribution is -2.14. The van der Waals surface area contributed by atoms with E-state index in [1.807, 2.05) is 6.07 Å². The SMILES string of the molecule is Nc1ncnn2c(C3CCC3)nc(-c3ccc(C(=O)c4ccccc4)c(O)c3)c12. The van der Waals surface area contributed by atoms with Crippen LogP contribution in [0.2, 0.25) is 0 Å². The zero-order valence-electron chi connectivity index (χ0n) is 15.6. The second kappa shape index (κ2) is 6.70.